The smallest absolute Gasteiger partial charge is 0.178 e. The van der Waals surface area contributed by atoms with Crippen molar-refractivity contribution in [2.45, 2.75) is 45.1 Å². The first-order valence-corrected chi connectivity index (χ1v) is 7.88. The Morgan fingerprint density at radius 2 is 2.05 bits per heavy atom. The Balaban J connectivity index is 1.99. The lowest BCUT2D eigenvalue weighted by molar-refractivity contribution is 0.272. The summed E-state index contributed by atoms with van der Waals surface area (Å²) in [6.07, 6.45) is 6.39. The molecule has 2 nitrogen and oxygen atoms in total. The molecule has 0 saturated heterocycles. The number of hydrogen-bond acceptors (Lipinski definition) is 1. The molecular weight excluding hydrogens is 276 g/mol. The zero-order chi connectivity index (χ0) is 13.4. The van der Waals surface area contributed by atoms with E-state index in [9.17, 15) is 0 Å². The van der Waals surface area contributed by atoms with Gasteiger partial charge in [-0.2, -0.15) is 0 Å². The molecule has 1 aromatic heterocycles. The van der Waals surface area contributed by atoms with E-state index < -0.39 is 0 Å². The zero-order valence-corrected chi connectivity index (χ0v) is 12.7. The fraction of sp³-hybridized carbons (Fsp3) is 0.533. The highest BCUT2D eigenvalue weighted by Crippen LogP contribution is 2.36. The minimum Gasteiger partial charge on any atom is -0.329 e. The van der Waals surface area contributed by atoms with Crippen molar-refractivity contribution < 1.29 is 0 Å². The number of aromatic nitrogens is 2. The summed E-state index contributed by atoms with van der Waals surface area (Å²) in [7, 11) is 0. The van der Waals surface area contributed by atoms with Gasteiger partial charge < -0.3 is 9.55 Å². The minimum absolute atomic E-state index is 0.530. The zero-order valence-electron chi connectivity index (χ0n) is 11.2. The highest BCUT2D eigenvalue weighted by molar-refractivity contribution is 7.71. The van der Waals surface area contributed by atoms with E-state index in [0.29, 0.717) is 6.04 Å². The molecule has 0 unspecified atom stereocenters. The summed E-state index contributed by atoms with van der Waals surface area (Å²) < 4.78 is 3.09. The summed E-state index contributed by atoms with van der Waals surface area (Å²) in [5.74, 6) is 0.902. The van der Waals surface area contributed by atoms with Crippen molar-refractivity contribution in [3.8, 4) is 0 Å². The van der Waals surface area contributed by atoms with Gasteiger partial charge in [-0.05, 0) is 56.0 Å². The lowest BCUT2D eigenvalue weighted by Gasteiger charge is -2.29. The molecule has 1 fully saturated rings. The van der Waals surface area contributed by atoms with Crippen LogP contribution in [0.4, 0.5) is 0 Å². The minimum atomic E-state index is 0.530. The molecule has 1 aromatic carbocycles. The summed E-state index contributed by atoms with van der Waals surface area (Å²) >= 11 is 11.7. The third-order valence-corrected chi connectivity index (χ3v) is 5.07. The van der Waals surface area contributed by atoms with E-state index in [4.69, 9.17) is 23.8 Å². The van der Waals surface area contributed by atoms with Crippen LogP contribution < -0.4 is 0 Å². The second-order valence-corrected chi connectivity index (χ2v) is 6.31. The first kappa shape index (κ1) is 13.2. The number of imidazole rings is 1. The van der Waals surface area contributed by atoms with Crippen molar-refractivity contribution in [1.82, 2.24) is 9.55 Å². The molecule has 1 saturated carbocycles. The molecule has 19 heavy (non-hydrogen) atoms. The summed E-state index contributed by atoms with van der Waals surface area (Å²) in [6, 6.07) is 6.55. The van der Waals surface area contributed by atoms with Gasteiger partial charge in [-0.1, -0.05) is 31.0 Å². The number of aromatic amines is 1. The summed E-state index contributed by atoms with van der Waals surface area (Å²) in [6.45, 7) is 2.29. The van der Waals surface area contributed by atoms with E-state index in [0.717, 1.165) is 26.7 Å². The van der Waals surface area contributed by atoms with E-state index in [2.05, 4.69) is 22.5 Å². The Bertz CT molecular complexity index is 635. The van der Waals surface area contributed by atoms with Crippen LogP contribution in [0.2, 0.25) is 5.02 Å². The number of rotatable bonds is 2. The number of hydrogen-bond donors (Lipinski definition) is 1. The molecule has 0 aliphatic heterocycles. The third-order valence-electron chi connectivity index (χ3n) is 4.46. The fourth-order valence-corrected chi connectivity index (χ4v) is 3.85. The number of nitrogens with one attached hydrogen (secondary N) is 1. The number of H-pyrrole nitrogens is 1. The van der Waals surface area contributed by atoms with Crippen LogP contribution in [0.15, 0.2) is 18.2 Å². The fourth-order valence-electron chi connectivity index (χ4n) is 3.29. The molecule has 1 aliphatic rings. The summed E-state index contributed by atoms with van der Waals surface area (Å²) in [4.78, 5) is 3.26. The largest absolute Gasteiger partial charge is 0.329 e. The topological polar surface area (TPSA) is 20.7 Å². The first-order chi connectivity index (χ1) is 9.20. The van der Waals surface area contributed by atoms with E-state index in [1.807, 2.05) is 12.1 Å². The van der Waals surface area contributed by atoms with Gasteiger partial charge in [-0.3, -0.25) is 0 Å². The van der Waals surface area contributed by atoms with Crippen molar-refractivity contribution in [3.05, 3.63) is 28.0 Å². The molecule has 4 heteroatoms. The Hall–Kier alpha value is -0.800. The molecule has 3 rings (SSSR count). The molecule has 2 aromatic rings. The summed E-state index contributed by atoms with van der Waals surface area (Å²) in [5.41, 5.74) is 2.13. The van der Waals surface area contributed by atoms with Crippen LogP contribution >= 0.6 is 23.8 Å². The molecule has 0 radical (unpaired) electrons. The maximum absolute atomic E-state index is 6.24. The van der Waals surface area contributed by atoms with Crippen LogP contribution in [0.1, 0.15) is 45.1 Å². The van der Waals surface area contributed by atoms with Crippen molar-refractivity contribution >= 4 is 34.9 Å². The molecule has 1 heterocycles. The predicted octanol–water partition coefficient (Wildman–Crippen LogP) is 5.49. The van der Waals surface area contributed by atoms with E-state index in [1.165, 1.54) is 32.1 Å². The highest BCUT2D eigenvalue weighted by Gasteiger charge is 2.23. The molecule has 0 bridgehead atoms. The number of halogens is 1. The average Bonchev–Trinajstić information content (AvgIpc) is 2.77. The Labute approximate surface area is 123 Å². The van der Waals surface area contributed by atoms with E-state index in [-0.39, 0.29) is 0 Å². The van der Waals surface area contributed by atoms with Gasteiger partial charge in [0.1, 0.15) is 0 Å². The van der Waals surface area contributed by atoms with E-state index in [1.54, 1.807) is 0 Å². The maximum atomic E-state index is 6.24. The van der Waals surface area contributed by atoms with Crippen LogP contribution in [0.5, 0.6) is 0 Å². The van der Waals surface area contributed by atoms with Gasteiger partial charge in [0.2, 0.25) is 0 Å². The second-order valence-electron chi connectivity index (χ2n) is 5.52. The van der Waals surface area contributed by atoms with Gasteiger partial charge in [0, 0.05) is 6.04 Å². The Kier molecular flexibility index (Phi) is 3.68. The number of benzene rings is 1. The SMILES string of the molecule is CCC1CCC(n2c(=S)[nH]c3c(Cl)cccc32)CC1. The number of nitrogens with zero attached hydrogens (tertiary/aromatic N) is 1. The van der Waals surface area contributed by atoms with Crippen LogP contribution in [-0.2, 0) is 0 Å². The van der Waals surface area contributed by atoms with Gasteiger partial charge in [-0.25, -0.2) is 0 Å². The molecular formula is C15H19ClN2S. The molecule has 0 spiro atoms. The first-order valence-electron chi connectivity index (χ1n) is 7.09. The van der Waals surface area contributed by atoms with Gasteiger partial charge in [0.15, 0.2) is 4.77 Å². The van der Waals surface area contributed by atoms with Crippen molar-refractivity contribution in [1.29, 1.82) is 0 Å². The lowest BCUT2D eigenvalue weighted by Crippen LogP contribution is -2.17. The highest BCUT2D eigenvalue weighted by atomic mass is 35.5. The van der Waals surface area contributed by atoms with Gasteiger partial charge in [0.05, 0.1) is 16.1 Å². The molecule has 1 aliphatic carbocycles. The molecule has 1 N–H and O–H groups in total. The normalized spacial score (nSPS) is 23.9. The second kappa shape index (κ2) is 5.29. The van der Waals surface area contributed by atoms with Gasteiger partial charge in [0.25, 0.3) is 0 Å². The Morgan fingerprint density at radius 1 is 1.32 bits per heavy atom. The molecule has 102 valence electrons. The Morgan fingerprint density at radius 3 is 2.74 bits per heavy atom. The van der Waals surface area contributed by atoms with Crippen molar-refractivity contribution in [2.75, 3.05) is 0 Å². The van der Waals surface area contributed by atoms with Gasteiger partial charge >= 0.3 is 0 Å². The maximum Gasteiger partial charge on any atom is 0.178 e. The summed E-state index contributed by atoms with van der Waals surface area (Å²) in [5, 5.41) is 0.754. The van der Waals surface area contributed by atoms with E-state index >= 15 is 0 Å². The van der Waals surface area contributed by atoms with Gasteiger partial charge in [-0.15, -0.1) is 0 Å². The quantitative estimate of drug-likeness (QED) is 0.726. The predicted molar refractivity (Wildman–Crippen MR) is 83.4 cm³/mol. The van der Waals surface area contributed by atoms with Crippen LogP contribution in [0.25, 0.3) is 11.0 Å². The van der Waals surface area contributed by atoms with Crippen LogP contribution in [0, 0.1) is 10.7 Å². The third kappa shape index (κ3) is 2.34. The standard InChI is InChI=1S/C15H19ClN2S/c1-2-10-6-8-11(9-7-10)18-13-5-3-4-12(16)14(13)17-15(18)19/h3-5,10-11H,2,6-9H2,1H3,(H,17,19). The monoisotopic (exact) mass is 294 g/mol. The van der Waals surface area contributed by atoms with Crippen molar-refractivity contribution in [2.24, 2.45) is 5.92 Å². The lowest BCUT2D eigenvalue weighted by atomic mass is 9.84. The average molecular weight is 295 g/mol. The molecule has 0 amide bonds. The molecule has 0 atom stereocenters. The number of para-hydroxylation sites is 1. The van der Waals surface area contributed by atoms with Crippen molar-refractivity contribution in [3.63, 3.8) is 0 Å². The van der Waals surface area contributed by atoms with Crippen LogP contribution in [-0.4, -0.2) is 9.55 Å². The van der Waals surface area contributed by atoms with Crippen LogP contribution in [0.3, 0.4) is 0 Å². The number of fused-ring (bicyclic) bond motifs is 1.